The van der Waals surface area contributed by atoms with Crippen LogP contribution in [0.5, 0.6) is 0 Å². The third-order valence-corrected chi connectivity index (χ3v) is 3.10. The van der Waals surface area contributed by atoms with Crippen molar-refractivity contribution in [2.75, 3.05) is 12.4 Å². The second-order valence-electron chi connectivity index (χ2n) is 2.01. The number of thioether (sulfide) groups is 1. The maximum atomic E-state index is 8.53. The zero-order valence-electron chi connectivity index (χ0n) is 6.74. The van der Waals surface area contributed by atoms with Crippen LogP contribution in [-0.4, -0.2) is 22.5 Å². The number of anilines is 1. The molecule has 0 spiro atoms. The van der Waals surface area contributed by atoms with E-state index in [9.17, 15) is 0 Å². The lowest BCUT2D eigenvalue weighted by Gasteiger charge is -1.93. The number of hydrogen-bond donors (Lipinski definition) is 1. The van der Waals surface area contributed by atoms with E-state index in [0.29, 0.717) is 0 Å². The predicted octanol–water partition coefficient (Wildman–Crippen LogP) is 1.58. The summed E-state index contributed by atoms with van der Waals surface area (Å²) < 4.78 is 0.827. The quantitative estimate of drug-likeness (QED) is 0.751. The molecule has 0 saturated heterocycles. The van der Waals surface area contributed by atoms with E-state index in [2.05, 4.69) is 21.6 Å². The number of nitriles is 1. The van der Waals surface area contributed by atoms with Crippen LogP contribution in [0.3, 0.4) is 0 Å². The molecule has 0 amide bonds. The van der Waals surface area contributed by atoms with Crippen LogP contribution in [0.4, 0.5) is 5.13 Å². The van der Waals surface area contributed by atoms with Crippen LogP contribution in [0.25, 0.3) is 0 Å². The summed E-state index contributed by atoms with van der Waals surface area (Å²) in [5, 5.41) is 19.9. The van der Waals surface area contributed by atoms with Crippen molar-refractivity contribution in [3.8, 4) is 6.07 Å². The Kier molecular flexibility index (Phi) is 3.31. The molecule has 1 heterocycles. The van der Waals surface area contributed by atoms with Crippen LogP contribution >= 0.6 is 23.1 Å². The van der Waals surface area contributed by atoms with Crippen molar-refractivity contribution in [2.45, 2.75) is 16.5 Å². The van der Waals surface area contributed by atoms with E-state index in [0.717, 1.165) is 9.47 Å². The van der Waals surface area contributed by atoms with Crippen LogP contribution in [0.2, 0.25) is 0 Å². The van der Waals surface area contributed by atoms with Crippen molar-refractivity contribution < 1.29 is 0 Å². The van der Waals surface area contributed by atoms with E-state index in [-0.39, 0.29) is 5.25 Å². The van der Waals surface area contributed by atoms with Gasteiger partial charge in [0.05, 0.1) is 11.3 Å². The van der Waals surface area contributed by atoms with Crippen LogP contribution in [0.15, 0.2) is 4.34 Å². The fraction of sp³-hybridized carbons (Fsp3) is 0.500. The van der Waals surface area contributed by atoms with Gasteiger partial charge in [-0.05, 0) is 6.92 Å². The molecule has 0 bridgehead atoms. The Morgan fingerprint density at radius 2 is 2.42 bits per heavy atom. The molecule has 0 aliphatic carbocycles. The number of hydrogen-bond acceptors (Lipinski definition) is 6. The summed E-state index contributed by atoms with van der Waals surface area (Å²) >= 11 is 2.88. The van der Waals surface area contributed by atoms with E-state index >= 15 is 0 Å². The molecule has 1 aromatic heterocycles. The lowest BCUT2D eigenvalue weighted by Crippen LogP contribution is -1.88. The minimum absolute atomic E-state index is 0.0670. The maximum absolute atomic E-state index is 8.53. The molecule has 12 heavy (non-hydrogen) atoms. The van der Waals surface area contributed by atoms with Crippen LogP contribution in [0.1, 0.15) is 6.92 Å². The summed E-state index contributed by atoms with van der Waals surface area (Å²) in [5.41, 5.74) is 0. The van der Waals surface area contributed by atoms with Gasteiger partial charge in [0.15, 0.2) is 4.34 Å². The van der Waals surface area contributed by atoms with Crippen LogP contribution in [-0.2, 0) is 0 Å². The largest absolute Gasteiger partial charge is 0.363 e. The Bertz CT molecular complexity index is 290. The minimum atomic E-state index is -0.0670. The Morgan fingerprint density at radius 1 is 1.67 bits per heavy atom. The Morgan fingerprint density at radius 3 is 2.92 bits per heavy atom. The summed E-state index contributed by atoms with van der Waals surface area (Å²) in [6.07, 6.45) is 0. The molecule has 1 unspecified atom stereocenters. The number of aromatic nitrogens is 2. The molecule has 0 fully saturated rings. The molecule has 1 rings (SSSR count). The normalized spacial score (nSPS) is 12.1. The molecule has 0 radical (unpaired) electrons. The number of nitrogens with zero attached hydrogens (tertiary/aromatic N) is 3. The van der Waals surface area contributed by atoms with Gasteiger partial charge in [0.2, 0.25) is 5.13 Å². The van der Waals surface area contributed by atoms with E-state index < -0.39 is 0 Å². The summed E-state index contributed by atoms with van der Waals surface area (Å²) in [7, 11) is 1.79. The summed E-state index contributed by atoms with van der Waals surface area (Å²) in [6.45, 7) is 1.84. The molecule has 64 valence electrons. The molecule has 0 aromatic carbocycles. The first kappa shape index (κ1) is 9.29. The fourth-order valence-corrected chi connectivity index (χ4v) is 2.27. The van der Waals surface area contributed by atoms with E-state index in [4.69, 9.17) is 5.26 Å². The molecule has 1 aromatic rings. The maximum Gasteiger partial charge on any atom is 0.206 e. The van der Waals surface area contributed by atoms with E-state index in [1.807, 2.05) is 6.92 Å². The van der Waals surface area contributed by atoms with Gasteiger partial charge in [0.1, 0.15) is 0 Å². The Balaban J connectivity index is 2.59. The van der Waals surface area contributed by atoms with Gasteiger partial charge >= 0.3 is 0 Å². The standard InChI is InChI=1S/C6H8N4S2/c1-4(3-7)11-6-10-9-5(8-2)12-6/h4H,1-2H3,(H,8,9). The smallest absolute Gasteiger partial charge is 0.206 e. The number of rotatable bonds is 3. The Labute approximate surface area is 79.0 Å². The van der Waals surface area contributed by atoms with Gasteiger partial charge in [-0.15, -0.1) is 10.2 Å². The zero-order chi connectivity index (χ0) is 8.97. The molecule has 0 saturated carbocycles. The second-order valence-corrected chi connectivity index (χ2v) is 4.58. The van der Waals surface area contributed by atoms with Crippen molar-refractivity contribution in [1.29, 1.82) is 5.26 Å². The van der Waals surface area contributed by atoms with E-state index in [1.54, 1.807) is 7.05 Å². The molecular weight excluding hydrogens is 192 g/mol. The molecular formula is C6H8N4S2. The highest BCUT2D eigenvalue weighted by Gasteiger charge is 2.07. The predicted molar refractivity (Wildman–Crippen MR) is 50.4 cm³/mol. The lowest BCUT2D eigenvalue weighted by molar-refractivity contribution is 1.01. The van der Waals surface area contributed by atoms with Crippen molar-refractivity contribution in [3.05, 3.63) is 0 Å². The van der Waals surface area contributed by atoms with Gasteiger partial charge in [-0.2, -0.15) is 5.26 Å². The van der Waals surface area contributed by atoms with Gasteiger partial charge in [-0.3, -0.25) is 0 Å². The summed E-state index contributed by atoms with van der Waals surface area (Å²) in [5.74, 6) is 0. The van der Waals surface area contributed by atoms with E-state index in [1.165, 1.54) is 23.1 Å². The third kappa shape index (κ3) is 2.36. The third-order valence-electron chi connectivity index (χ3n) is 1.08. The second kappa shape index (κ2) is 4.28. The highest BCUT2D eigenvalue weighted by atomic mass is 32.2. The first-order valence-corrected chi connectivity index (χ1v) is 5.03. The molecule has 6 heteroatoms. The first-order chi connectivity index (χ1) is 5.76. The average Bonchev–Trinajstić information content (AvgIpc) is 2.52. The lowest BCUT2D eigenvalue weighted by atomic mass is 10.5. The number of nitrogens with one attached hydrogen (secondary N) is 1. The van der Waals surface area contributed by atoms with Crippen LogP contribution < -0.4 is 5.32 Å². The summed E-state index contributed by atoms with van der Waals surface area (Å²) in [4.78, 5) is 0. The van der Waals surface area contributed by atoms with Crippen LogP contribution in [0, 0.1) is 11.3 Å². The average molecular weight is 200 g/mol. The molecule has 0 aliphatic heterocycles. The topological polar surface area (TPSA) is 61.6 Å². The van der Waals surface area contributed by atoms with Gasteiger partial charge in [0.25, 0.3) is 0 Å². The Hall–Kier alpha value is -0.800. The highest BCUT2D eigenvalue weighted by molar-refractivity contribution is 8.01. The van der Waals surface area contributed by atoms with Gasteiger partial charge in [-0.1, -0.05) is 23.1 Å². The van der Waals surface area contributed by atoms with Gasteiger partial charge < -0.3 is 5.32 Å². The molecule has 0 aliphatic rings. The molecule has 4 nitrogen and oxygen atoms in total. The van der Waals surface area contributed by atoms with Gasteiger partial charge in [0, 0.05) is 7.05 Å². The SMILES string of the molecule is CNc1nnc(SC(C)C#N)s1. The first-order valence-electron chi connectivity index (χ1n) is 3.33. The molecule has 1 N–H and O–H groups in total. The van der Waals surface area contributed by atoms with Crippen molar-refractivity contribution >= 4 is 28.2 Å². The monoisotopic (exact) mass is 200 g/mol. The zero-order valence-corrected chi connectivity index (χ0v) is 8.37. The fourth-order valence-electron chi connectivity index (χ4n) is 0.536. The van der Waals surface area contributed by atoms with Gasteiger partial charge in [-0.25, -0.2) is 0 Å². The van der Waals surface area contributed by atoms with Crippen molar-refractivity contribution in [2.24, 2.45) is 0 Å². The highest BCUT2D eigenvalue weighted by Crippen LogP contribution is 2.27. The van der Waals surface area contributed by atoms with Crippen molar-refractivity contribution in [3.63, 3.8) is 0 Å². The molecule has 1 atom stereocenters. The van der Waals surface area contributed by atoms with Crippen molar-refractivity contribution in [1.82, 2.24) is 10.2 Å². The minimum Gasteiger partial charge on any atom is -0.363 e. The summed E-state index contributed by atoms with van der Waals surface area (Å²) in [6, 6.07) is 2.12.